The van der Waals surface area contributed by atoms with E-state index in [1.807, 2.05) is 6.92 Å². The maximum absolute atomic E-state index is 10.6. The summed E-state index contributed by atoms with van der Waals surface area (Å²) in [6.07, 6.45) is 0.138. The lowest BCUT2D eigenvalue weighted by Gasteiger charge is -2.03. The first-order valence-corrected chi connectivity index (χ1v) is 5.28. The van der Waals surface area contributed by atoms with E-state index in [1.165, 1.54) is 11.3 Å². The van der Waals surface area contributed by atoms with Crippen molar-refractivity contribution in [2.24, 2.45) is 11.5 Å². The molecule has 72 valence electrons. The summed E-state index contributed by atoms with van der Waals surface area (Å²) >= 11 is 4.77. The molecule has 0 spiro atoms. The summed E-state index contributed by atoms with van der Waals surface area (Å²) in [5, 5.41) is 0.739. The highest BCUT2D eigenvalue weighted by Crippen LogP contribution is 2.28. The van der Waals surface area contributed by atoms with Crippen LogP contribution in [0.3, 0.4) is 0 Å². The van der Waals surface area contributed by atoms with Gasteiger partial charge in [0.25, 0.3) is 0 Å². The van der Waals surface area contributed by atoms with Gasteiger partial charge in [-0.25, -0.2) is 4.98 Å². The molecule has 0 aromatic carbocycles. The minimum atomic E-state index is -0.406. The topological polar surface area (TPSA) is 82.0 Å². The molecule has 6 heteroatoms. The van der Waals surface area contributed by atoms with Crippen LogP contribution in [0.2, 0.25) is 0 Å². The molecule has 4 N–H and O–H groups in total. The maximum atomic E-state index is 10.6. The first-order chi connectivity index (χ1) is 6.00. The van der Waals surface area contributed by atoms with E-state index < -0.39 is 5.91 Å². The summed E-state index contributed by atoms with van der Waals surface area (Å²) < 4.78 is 0.947. The Hall–Kier alpha value is -0.460. The zero-order chi connectivity index (χ0) is 10.0. The Labute approximate surface area is 88.5 Å². The van der Waals surface area contributed by atoms with E-state index in [1.54, 1.807) is 0 Å². The first kappa shape index (κ1) is 10.6. The number of aryl methyl sites for hydroxylation is 1. The van der Waals surface area contributed by atoms with Crippen molar-refractivity contribution in [2.45, 2.75) is 19.4 Å². The van der Waals surface area contributed by atoms with E-state index in [2.05, 4.69) is 20.9 Å². The number of primary amides is 1. The van der Waals surface area contributed by atoms with Crippen LogP contribution in [0.1, 0.15) is 23.2 Å². The Kier molecular flexibility index (Phi) is 3.40. The number of carbonyl (C=O) groups excluding carboxylic acids is 1. The molecule has 0 saturated carbocycles. The van der Waals surface area contributed by atoms with Crippen LogP contribution < -0.4 is 11.5 Å². The van der Waals surface area contributed by atoms with Gasteiger partial charge in [0.05, 0.1) is 15.5 Å². The normalized spacial score (nSPS) is 12.8. The molecule has 0 radical (unpaired) electrons. The average molecular weight is 264 g/mol. The van der Waals surface area contributed by atoms with Crippen LogP contribution in [-0.4, -0.2) is 10.9 Å². The van der Waals surface area contributed by atoms with Gasteiger partial charge in [-0.3, -0.25) is 4.79 Å². The number of nitrogens with two attached hydrogens (primary N) is 2. The van der Waals surface area contributed by atoms with Crippen molar-refractivity contribution in [3.8, 4) is 0 Å². The zero-order valence-corrected chi connectivity index (χ0v) is 9.48. The SMILES string of the molecule is Cc1nc([C@H](N)CC(N)=O)sc1Br. The highest BCUT2D eigenvalue weighted by atomic mass is 79.9. The Morgan fingerprint density at radius 2 is 2.38 bits per heavy atom. The average Bonchev–Trinajstić information content (AvgIpc) is 2.31. The molecule has 0 fully saturated rings. The van der Waals surface area contributed by atoms with Crippen molar-refractivity contribution in [3.63, 3.8) is 0 Å². The van der Waals surface area contributed by atoms with E-state index in [0.717, 1.165) is 14.5 Å². The molecule has 0 bridgehead atoms. The Morgan fingerprint density at radius 1 is 1.77 bits per heavy atom. The summed E-state index contributed by atoms with van der Waals surface area (Å²) in [6.45, 7) is 1.88. The van der Waals surface area contributed by atoms with Gasteiger partial charge in [-0.1, -0.05) is 0 Å². The molecule has 1 amide bonds. The quantitative estimate of drug-likeness (QED) is 0.857. The molecule has 0 saturated heterocycles. The largest absolute Gasteiger partial charge is 0.370 e. The van der Waals surface area contributed by atoms with Gasteiger partial charge in [-0.05, 0) is 22.9 Å². The number of thiazole rings is 1. The number of hydrogen-bond donors (Lipinski definition) is 2. The smallest absolute Gasteiger partial charge is 0.219 e. The minimum Gasteiger partial charge on any atom is -0.370 e. The number of rotatable bonds is 3. The monoisotopic (exact) mass is 263 g/mol. The van der Waals surface area contributed by atoms with Gasteiger partial charge in [0.2, 0.25) is 5.91 Å². The predicted octanol–water partition coefficient (Wildman–Crippen LogP) is 1.09. The summed E-state index contributed by atoms with van der Waals surface area (Å²) in [7, 11) is 0. The fourth-order valence-electron chi connectivity index (χ4n) is 0.860. The third-order valence-corrected chi connectivity index (χ3v) is 3.63. The van der Waals surface area contributed by atoms with Gasteiger partial charge < -0.3 is 11.5 Å². The number of aromatic nitrogens is 1. The van der Waals surface area contributed by atoms with Crippen LogP contribution in [0.25, 0.3) is 0 Å². The molecule has 1 rings (SSSR count). The molecule has 0 aliphatic heterocycles. The number of carbonyl (C=O) groups is 1. The molecular weight excluding hydrogens is 254 g/mol. The van der Waals surface area contributed by atoms with Gasteiger partial charge in [-0.15, -0.1) is 11.3 Å². The third-order valence-electron chi connectivity index (χ3n) is 1.49. The van der Waals surface area contributed by atoms with Crippen LogP contribution in [0.5, 0.6) is 0 Å². The van der Waals surface area contributed by atoms with E-state index in [-0.39, 0.29) is 12.5 Å². The molecule has 13 heavy (non-hydrogen) atoms. The van der Waals surface area contributed by atoms with Crippen LogP contribution in [-0.2, 0) is 4.79 Å². The Balaban J connectivity index is 2.77. The van der Waals surface area contributed by atoms with E-state index >= 15 is 0 Å². The fourth-order valence-corrected chi connectivity index (χ4v) is 2.24. The van der Waals surface area contributed by atoms with Crippen molar-refractivity contribution < 1.29 is 4.79 Å². The van der Waals surface area contributed by atoms with Gasteiger partial charge in [0.15, 0.2) is 0 Å². The molecule has 0 unspecified atom stereocenters. The summed E-state index contributed by atoms with van der Waals surface area (Å²) in [6, 6.07) is -0.382. The standard InChI is InChI=1S/C7H10BrN3OS/c1-3-6(8)13-7(11-3)4(9)2-5(10)12/h4H,2,9H2,1H3,(H2,10,12)/t4-/m1/s1. The van der Waals surface area contributed by atoms with Crippen molar-refractivity contribution in [1.82, 2.24) is 4.98 Å². The maximum Gasteiger partial charge on any atom is 0.219 e. The Bertz CT molecular complexity index is 306. The second-order valence-electron chi connectivity index (χ2n) is 2.69. The first-order valence-electron chi connectivity index (χ1n) is 3.67. The molecule has 4 nitrogen and oxygen atoms in total. The van der Waals surface area contributed by atoms with Crippen LogP contribution in [0.4, 0.5) is 0 Å². The van der Waals surface area contributed by atoms with Crippen molar-refractivity contribution in [3.05, 3.63) is 14.5 Å². The van der Waals surface area contributed by atoms with Crippen LogP contribution >= 0.6 is 27.3 Å². The van der Waals surface area contributed by atoms with Gasteiger partial charge in [0.1, 0.15) is 5.01 Å². The summed E-state index contributed by atoms with van der Waals surface area (Å²) in [5.74, 6) is -0.406. The number of amides is 1. The van der Waals surface area contributed by atoms with Crippen molar-refractivity contribution >= 4 is 33.2 Å². The van der Waals surface area contributed by atoms with Crippen LogP contribution in [0.15, 0.2) is 3.79 Å². The molecule has 0 aliphatic rings. The molecule has 1 aromatic heterocycles. The minimum absolute atomic E-state index is 0.138. The lowest BCUT2D eigenvalue weighted by molar-refractivity contribution is -0.118. The summed E-state index contributed by atoms with van der Waals surface area (Å²) in [4.78, 5) is 14.8. The summed E-state index contributed by atoms with van der Waals surface area (Å²) in [5.41, 5.74) is 11.6. The lowest BCUT2D eigenvalue weighted by Crippen LogP contribution is -2.20. The van der Waals surface area contributed by atoms with Crippen molar-refractivity contribution in [1.29, 1.82) is 0 Å². The molecule has 0 aliphatic carbocycles. The highest BCUT2D eigenvalue weighted by Gasteiger charge is 2.14. The fraction of sp³-hybridized carbons (Fsp3) is 0.429. The molecule has 1 aromatic rings. The second-order valence-corrected chi connectivity index (χ2v) is 5.04. The highest BCUT2D eigenvalue weighted by molar-refractivity contribution is 9.11. The predicted molar refractivity (Wildman–Crippen MR) is 55.3 cm³/mol. The third kappa shape index (κ3) is 2.75. The molecular formula is C7H10BrN3OS. The zero-order valence-electron chi connectivity index (χ0n) is 7.08. The number of halogens is 1. The van der Waals surface area contributed by atoms with E-state index in [0.29, 0.717) is 0 Å². The number of hydrogen-bond acceptors (Lipinski definition) is 4. The number of nitrogens with zero attached hydrogens (tertiary/aromatic N) is 1. The molecule has 1 heterocycles. The van der Waals surface area contributed by atoms with E-state index in [4.69, 9.17) is 11.5 Å². The van der Waals surface area contributed by atoms with Gasteiger partial charge in [0, 0.05) is 6.42 Å². The second kappa shape index (κ2) is 4.17. The van der Waals surface area contributed by atoms with Gasteiger partial charge >= 0.3 is 0 Å². The van der Waals surface area contributed by atoms with Gasteiger partial charge in [-0.2, -0.15) is 0 Å². The lowest BCUT2D eigenvalue weighted by atomic mass is 10.2. The van der Waals surface area contributed by atoms with Crippen molar-refractivity contribution in [2.75, 3.05) is 0 Å². The van der Waals surface area contributed by atoms with E-state index in [9.17, 15) is 4.79 Å². The van der Waals surface area contributed by atoms with Crippen LogP contribution in [0, 0.1) is 6.92 Å². The molecule has 1 atom stereocenters. The Morgan fingerprint density at radius 3 is 2.77 bits per heavy atom.